The minimum Gasteiger partial charge on any atom is -0.368 e. The Morgan fingerprint density at radius 1 is 0.648 bits per heavy atom. The van der Waals surface area contributed by atoms with Crippen molar-refractivity contribution in [2.24, 2.45) is 0 Å². The number of nitrogens with two attached hydrogens (primary N) is 1. The number of H-pyrrole nitrogens is 1. The summed E-state index contributed by atoms with van der Waals surface area (Å²) in [7, 11) is 0. The van der Waals surface area contributed by atoms with Gasteiger partial charge < -0.3 is 21.4 Å². The minimum atomic E-state index is -0.127. The van der Waals surface area contributed by atoms with Crippen LogP contribution >= 0.6 is 0 Å². The second-order valence-electron chi connectivity index (χ2n) is 13.4. The van der Waals surface area contributed by atoms with Gasteiger partial charge in [-0.3, -0.25) is 19.6 Å². The van der Waals surface area contributed by atoms with Gasteiger partial charge in [-0.05, 0) is 84.7 Å². The third-order valence-electron chi connectivity index (χ3n) is 9.51. The fraction of sp³-hybridized carbons (Fsp3) is 0.182. The van der Waals surface area contributed by atoms with E-state index in [0.29, 0.717) is 30.6 Å². The Morgan fingerprint density at radius 2 is 1.26 bits per heavy atom. The molecule has 0 saturated carbocycles. The van der Waals surface area contributed by atoms with E-state index in [0.717, 1.165) is 75.8 Å². The van der Waals surface area contributed by atoms with Gasteiger partial charge in [-0.1, -0.05) is 66.7 Å². The number of nitrogens with zero attached hydrogens (tertiary/aromatic N) is 4. The zero-order valence-corrected chi connectivity index (χ0v) is 30.2. The first-order valence-electron chi connectivity index (χ1n) is 18.2. The number of rotatable bonds is 14. The fourth-order valence-corrected chi connectivity index (χ4v) is 6.45. The summed E-state index contributed by atoms with van der Waals surface area (Å²) in [4.78, 5) is 45.6. The van der Waals surface area contributed by atoms with Gasteiger partial charge in [-0.25, -0.2) is 9.97 Å². The van der Waals surface area contributed by atoms with Crippen LogP contribution in [-0.4, -0.2) is 49.8 Å². The van der Waals surface area contributed by atoms with Crippen LogP contribution in [0.15, 0.2) is 122 Å². The third kappa shape index (κ3) is 8.85. The third-order valence-corrected chi connectivity index (χ3v) is 9.51. The molecular formula is C44H42N8O2. The Kier molecular flexibility index (Phi) is 11.1. The van der Waals surface area contributed by atoms with Crippen molar-refractivity contribution in [2.75, 3.05) is 18.8 Å². The number of nitrogen functional groups attached to an aromatic ring is 1. The molecule has 10 heteroatoms. The van der Waals surface area contributed by atoms with Crippen LogP contribution in [0.4, 0.5) is 5.95 Å². The Hall–Kier alpha value is -6.68. The number of amides is 2. The summed E-state index contributed by atoms with van der Waals surface area (Å²) in [6.07, 6.45) is 12.8. The SMILES string of the molecule is Cc1ccc(C(=O)NCCCc2ccc(-c3cccc4c(Cc5ccc(C(=O)NCCCc6ccc(-c7cnc(N)nc7)cc6)cn5)c[nH]c34)cc2)cn1. The van der Waals surface area contributed by atoms with Crippen molar-refractivity contribution in [3.05, 3.63) is 161 Å². The van der Waals surface area contributed by atoms with E-state index in [2.05, 4.69) is 90.2 Å². The number of aromatic nitrogens is 5. The molecule has 7 rings (SSSR count). The maximum atomic E-state index is 12.8. The Bertz CT molecular complexity index is 2330. The van der Waals surface area contributed by atoms with Crippen LogP contribution in [0.5, 0.6) is 0 Å². The molecule has 0 aliphatic heterocycles. The molecule has 270 valence electrons. The van der Waals surface area contributed by atoms with Crippen molar-refractivity contribution >= 4 is 28.7 Å². The second-order valence-corrected chi connectivity index (χ2v) is 13.4. The van der Waals surface area contributed by atoms with Gasteiger partial charge in [0, 0.05) is 78.4 Å². The number of hydrogen-bond donors (Lipinski definition) is 4. The lowest BCUT2D eigenvalue weighted by molar-refractivity contribution is 0.0944. The van der Waals surface area contributed by atoms with Crippen molar-refractivity contribution < 1.29 is 9.59 Å². The van der Waals surface area contributed by atoms with E-state index in [-0.39, 0.29) is 17.8 Å². The summed E-state index contributed by atoms with van der Waals surface area (Å²) in [6, 6.07) is 30.6. The summed E-state index contributed by atoms with van der Waals surface area (Å²) in [5.74, 6) is 0.0359. The number of benzene rings is 3. The number of hydrogen-bond acceptors (Lipinski definition) is 7. The minimum absolute atomic E-state index is 0.0962. The molecule has 0 bridgehead atoms. The summed E-state index contributed by atoms with van der Waals surface area (Å²) in [5, 5.41) is 7.15. The zero-order valence-electron chi connectivity index (χ0n) is 30.2. The molecule has 3 aromatic carbocycles. The predicted octanol–water partition coefficient (Wildman–Crippen LogP) is 7.29. The Labute approximate surface area is 314 Å². The van der Waals surface area contributed by atoms with Gasteiger partial charge >= 0.3 is 0 Å². The lowest BCUT2D eigenvalue weighted by Crippen LogP contribution is -2.25. The van der Waals surface area contributed by atoms with E-state index in [1.165, 1.54) is 11.1 Å². The average molecular weight is 715 g/mol. The van der Waals surface area contributed by atoms with Crippen LogP contribution in [0.3, 0.4) is 0 Å². The van der Waals surface area contributed by atoms with Gasteiger partial charge in [0.25, 0.3) is 11.8 Å². The van der Waals surface area contributed by atoms with Crippen molar-refractivity contribution in [3.8, 4) is 22.3 Å². The zero-order chi connectivity index (χ0) is 37.3. The highest BCUT2D eigenvalue weighted by molar-refractivity contribution is 5.96. The van der Waals surface area contributed by atoms with Crippen molar-refractivity contribution in [2.45, 2.75) is 39.0 Å². The molecule has 0 aliphatic carbocycles. The molecule has 4 aromatic heterocycles. The monoisotopic (exact) mass is 714 g/mol. The molecule has 0 unspecified atom stereocenters. The largest absolute Gasteiger partial charge is 0.368 e. The molecular weight excluding hydrogens is 673 g/mol. The molecule has 10 nitrogen and oxygen atoms in total. The predicted molar refractivity (Wildman–Crippen MR) is 213 cm³/mol. The van der Waals surface area contributed by atoms with Gasteiger partial charge in [-0.2, -0.15) is 0 Å². The topological polar surface area (TPSA) is 152 Å². The number of carbonyl (C=O) groups is 2. The highest BCUT2D eigenvalue weighted by Crippen LogP contribution is 2.31. The Balaban J connectivity index is 0.879. The van der Waals surface area contributed by atoms with Crippen LogP contribution in [0.2, 0.25) is 0 Å². The smallest absolute Gasteiger partial charge is 0.252 e. The molecule has 0 aliphatic rings. The van der Waals surface area contributed by atoms with Crippen molar-refractivity contribution in [1.82, 2.24) is 35.6 Å². The van der Waals surface area contributed by atoms with E-state index in [4.69, 9.17) is 5.73 Å². The highest BCUT2D eigenvalue weighted by atomic mass is 16.2. The van der Waals surface area contributed by atoms with Crippen LogP contribution in [-0.2, 0) is 19.3 Å². The average Bonchev–Trinajstić information content (AvgIpc) is 3.62. The summed E-state index contributed by atoms with van der Waals surface area (Å²) < 4.78 is 0. The number of anilines is 1. The first-order chi connectivity index (χ1) is 26.4. The summed E-state index contributed by atoms with van der Waals surface area (Å²) in [5.41, 5.74) is 17.4. The second kappa shape index (κ2) is 16.8. The Morgan fingerprint density at radius 3 is 1.85 bits per heavy atom. The number of pyridine rings is 2. The fourth-order valence-electron chi connectivity index (χ4n) is 6.45. The molecule has 7 aromatic rings. The number of nitrogens with one attached hydrogen (secondary N) is 3. The molecule has 0 spiro atoms. The van der Waals surface area contributed by atoms with Crippen molar-refractivity contribution in [3.63, 3.8) is 0 Å². The molecule has 54 heavy (non-hydrogen) atoms. The van der Waals surface area contributed by atoms with E-state index in [1.54, 1.807) is 30.9 Å². The van der Waals surface area contributed by atoms with Crippen LogP contribution < -0.4 is 16.4 Å². The maximum absolute atomic E-state index is 12.8. The van der Waals surface area contributed by atoms with E-state index in [9.17, 15) is 9.59 Å². The first-order valence-corrected chi connectivity index (χ1v) is 18.2. The van der Waals surface area contributed by atoms with Gasteiger partial charge in [0.05, 0.1) is 16.6 Å². The van der Waals surface area contributed by atoms with Crippen LogP contribution in [0.25, 0.3) is 33.2 Å². The molecule has 0 saturated heterocycles. The number of aromatic amines is 1. The molecule has 2 amide bonds. The summed E-state index contributed by atoms with van der Waals surface area (Å²) >= 11 is 0. The molecule has 0 radical (unpaired) electrons. The van der Waals surface area contributed by atoms with Crippen molar-refractivity contribution in [1.29, 1.82) is 0 Å². The van der Waals surface area contributed by atoms with E-state index >= 15 is 0 Å². The number of para-hydroxylation sites is 1. The number of fused-ring (bicyclic) bond motifs is 1. The van der Waals surface area contributed by atoms with E-state index in [1.807, 2.05) is 43.5 Å². The highest BCUT2D eigenvalue weighted by Gasteiger charge is 2.12. The molecule has 4 heterocycles. The lowest BCUT2D eigenvalue weighted by Gasteiger charge is -2.08. The molecule has 0 fully saturated rings. The number of aryl methyl sites for hydroxylation is 3. The van der Waals surface area contributed by atoms with Gasteiger partial charge in [-0.15, -0.1) is 0 Å². The summed E-state index contributed by atoms with van der Waals surface area (Å²) in [6.45, 7) is 3.07. The molecule has 5 N–H and O–H groups in total. The van der Waals surface area contributed by atoms with E-state index < -0.39 is 0 Å². The first kappa shape index (κ1) is 35.7. The normalized spacial score (nSPS) is 11.1. The van der Waals surface area contributed by atoms with Crippen LogP contribution in [0.1, 0.15) is 61.6 Å². The van der Waals surface area contributed by atoms with Gasteiger partial charge in [0.15, 0.2) is 0 Å². The molecule has 0 atom stereocenters. The van der Waals surface area contributed by atoms with Crippen LogP contribution in [0, 0.1) is 6.92 Å². The quantitative estimate of drug-likeness (QED) is 0.0864. The standard InChI is InChI=1S/C44H42N8O2/c1-29-9-14-34(24-48-29)42(53)46-21-4-6-31-12-17-33(18-13-31)39-7-2-8-40-36(26-50-41(39)40)23-38-20-19-35(25-49-38)43(54)47-22-3-5-30-10-15-32(16-11-30)37-27-51-44(45)52-28-37/h2,7-20,24-28,50H,3-6,21-23H2,1H3,(H,46,53)(H,47,54)(H2,45,51,52). The number of carbonyl (C=O) groups excluding carboxylic acids is 2. The maximum Gasteiger partial charge on any atom is 0.252 e. The van der Waals surface area contributed by atoms with Gasteiger partial charge in [0.1, 0.15) is 0 Å². The van der Waals surface area contributed by atoms with Gasteiger partial charge in [0.2, 0.25) is 5.95 Å². The lowest BCUT2D eigenvalue weighted by atomic mass is 9.98.